The first-order valence-corrected chi connectivity index (χ1v) is 5.30. The summed E-state index contributed by atoms with van der Waals surface area (Å²) in [5.74, 6) is -0.889. The van der Waals surface area contributed by atoms with Gasteiger partial charge in [0.25, 0.3) is 0 Å². The van der Waals surface area contributed by atoms with Crippen LogP contribution >= 0.6 is 11.3 Å². The van der Waals surface area contributed by atoms with Crippen molar-refractivity contribution in [3.63, 3.8) is 0 Å². The first kappa shape index (κ1) is 8.11. The number of ether oxygens (including phenoxy) is 1. The van der Waals surface area contributed by atoms with Gasteiger partial charge < -0.3 is 15.2 Å². The molecule has 1 aliphatic heterocycles. The highest BCUT2D eigenvalue weighted by Crippen LogP contribution is 2.49. The molecule has 5 heteroatoms. The summed E-state index contributed by atoms with van der Waals surface area (Å²) in [5, 5.41) is 12.7. The molecule has 0 bridgehead atoms. The third-order valence-electron chi connectivity index (χ3n) is 2.63. The number of fused-ring (bicyclic) bond motifs is 1. The molecule has 1 saturated carbocycles. The Hall–Kier alpha value is -1.23. The fourth-order valence-electron chi connectivity index (χ4n) is 1.59. The van der Waals surface area contributed by atoms with E-state index in [0.29, 0.717) is 4.88 Å². The van der Waals surface area contributed by atoms with Gasteiger partial charge in [-0.05, 0) is 18.9 Å². The van der Waals surface area contributed by atoms with E-state index in [2.05, 4.69) is 5.32 Å². The van der Waals surface area contributed by atoms with Crippen LogP contribution in [-0.4, -0.2) is 23.2 Å². The summed E-state index contributed by atoms with van der Waals surface area (Å²) in [5.41, 5.74) is 0.804. The summed E-state index contributed by atoms with van der Waals surface area (Å²) in [6.07, 6.45) is 2.14. The molecular weight excluding hydrogens is 202 g/mol. The second-order valence-corrected chi connectivity index (χ2v) is 4.77. The van der Waals surface area contributed by atoms with Crippen LogP contribution in [0, 0.1) is 0 Å². The average Bonchev–Trinajstić information content (AvgIpc) is 2.76. The predicted octanol–water partition coefficient (Wildman–Crippen LogP) is 1.78. The summed E-state index contributed by atoms with van der Waals surface area (Å²) in [7, 11) is 0. The molecular formula is C9H9NO3S. The van der Waals surface area contributed by atoms with Gasteiger partial charge in [-0.1, -0.05) is 11.3 Å². The number of hydrogen-bond acceptors (Lipinski definition) is 4. The van der Waals surface area contributed by atoms with Gasteiger partial charge in [0.2, 0.25) is 0 Å². The fourth-order valence-corrected chi connectivity index (χ4v) is 2.51. The smallest absolute Gasteiger partial charge is 0.346 e. The van der Waals surface area contributed by atoms with Gasteiger partial charge in [0.05, 0.1) is 12.2 Å². The van der Waals surface area contributed by atoms with Crippen molar-refractivity contribution in [1.82, 2.24) is 0 Å². The Labute approximate surface area is 84.5 Å². The molecule has 0 atom stereocenters. The second-order valence-electron chi connectivity index (χ2n) is 3.76. The monoisotopic (exact) mass is 211 g/mol. The second kappa shape index (κ2) is 2.42. The van der Waals surface area contributed by atoms with Crippen LogP contribution in [0.25, 0.3) is 0 Å². The van der Waals surface area contributed by atoms with Crippen molar-refractivity contribution in [3.8, 4) is 5.06 Å². The van der Waals surface area contributed by atoms with Crippen LogP contribution in [0.15, 0.2) is 6.07 Å². The third-order valence-corrected chi connectivity index (χ3v) is 3.63. The van der Waals surface area contributed by atoms with Crippen molar-refractivity contribution >= 4 is 23.0 Å². The molecule has 2 heterocycles. The predicted molar refractivity (Wildman–Crippen MR) is 52.4 cm³/mol. The van der Waals surface area contributed by atoms with E-state index < -0.39 is 5.97 Å². The summed E-state index contributed by atoms with van der Waals surface area (Å²) >= 11 is 1.20. The first-order chi connectivity index (χ1) is 6.69. The van der Waals surface area contributed by atoms with Gasteiger partial charge >= 0.3 is 5.97 Å². The van der Waals surface area contributed by atoms with E-state index >= 15 is 0 Å². The Morgan fingerprint density at radius 3 is 3.07 bits per heavy atom. The minimum absolute atomic E-state index is 0.0202. The number of nitrogens with one attached hydrogen (secondary N) is 1. The van der Waals surface area contributed by atoms with Crippen LogP contribution in [0.5, 0.6) is 5.06 Å². The van der Waals surface area contributed by atoms with E-state index in [1.807, 2.05) is 0 Å². The highest BCUT2D eigenvalue weighted by molar-refractivity contribution is 7.16. The lowest BCUT2D eigenvalue weighted by Crippen LogP contribution is -2.31. The standard InChI is InChI=1S/C9H9NO3S/c11-7(12)6-3-5-8(14-6)13-9(1-2-9)4-10-5/h3,10H,1-2,4H2,(H,11,12). The highest BCUT2D eigenvalue weighted by Gasteiger charge is 2.48. The lowest BCUT2D eigenvalue weighted by molar-refractivity contribution is 0.0702. The van der Waals surface area contributed by atoms with Crippen molar-refractivity contribution in [3.05, 3.63) is 10.9 Å². The molecule has 74 valence electrons. The van der Waals surface area contributed by atoms with Gasteiger partial charge in [0.15, 0.2) is 5.06 Å². The van der Waals surface area contributed by atoms with Crippen molar-refractivity contribution in [2.45, 2.75) is 18.4 Å². The summed E-state index contributed by atoms with van der Waals surface area (Å²) in [6.45, 7) is 0.801. The minimum atomic E-state index is -0.889. The number of anilines is 1. The van der Waals surface area contributed by atoms with E-state index in [-0.39, 0.29) is 5.60 Å². The summed E-state index contributed by atoms with van der Waals surface area (Å²) in [4.78, 5) is 11.1. The van der Waals surface area contributed by atoms with Crippen LogP contribution < -0.4 is 10.1 Å². The lowest BCUT2D eigenvalue weighted by atomic mass is 10.3. The minimum Gasteiger partial charge on any atom is -0.477 e. The number of carbonyl (C=O) groups is 1. The molecule has 2 N–H and O–H groups in total. The van der Waals surface area contributed by atoms with Crippen LogP contribution in [0.3, 0.4) is 0 Å². The zero-order chi connectivity index (χ0) is 9.76. The molecule has 1 fully saturated rings. The van der Waals surface area contributed by atoms with Gasteiger partial charge in [-0.25, -0.2) is 4.79 Å². The molecule has 4 nitrogen and oxygen atoms in total. The van der Waals surface area contributed by atoms with Crippen LogP contribution in [0.2, 0.25) is 0 Å². The van der Waals surface area contributed by atoms with Crippen LogP contribution in [0.4, 0.5) is 5.69 Å². The Bertz CT molecular complexity index is 408. The van der Waals surface area contributed by atoms with Gasteiger partial charge in [-0.3, -0.25) is 0 Å². The van der Waals surface area contributed by atoms with Crippen molar-refractivity contribution in [2.75, 3.05) is 11.9 Å². The third kappa shape index (κ3) is 1.09. The van der Waals surface area contributed by atoms with E-state index in [4.69, 9.17) is 9.84 Å². The Balaban J connectivity index is 1.97. The lowest BCUT2D eigenvalue weighted by Gasteiger charge is -2.24. The zero-order valence-corrected chi connectivity index (χ0v) is 8.19. The number of rotatable bonds is 1. The maximum atomic E-state index is 10.7. The molecule has 0 amide bonds. The Kier molecular flexibility index (Phi) is 1.40. The molecule has 0 unspecified atom stereocenters. The van der Waals surface area contributed by atoms with E-state index in [0.717, 1.165) is 30.1 Å². The molecule has 3 rings (SSSR count). The zero-order valence-electron chi connectivity index (χ0n) is 7.37. The SMILES string of the molecule is O=C(O)c1cc2c(s1)OC1(CC1)CN2. The number of carboxylic acids is 1. The number of aromatic carboxylic acids is 1. The maximum Gasteiger partial charge on any atom is 0.346 e. The number of thiophene rings is 1. The number of hydrogen-bond donors (Lipinski definition) is 2. The average molecular weight is 211 g/mol. The summed E-state index contributed by atoms with van der Waals surface area (Å²) < 4.78 is 5.75. The Morgan fingerprint density at radius 2 is 2.43 bits per heavy atom. The molecule has 0 aromatic carbocycles. The fraction of sp³-hybridized carbons (Fsp3) is 0.444. The molecule has 14 heavy (non-hydrogen) atoms. The molecule has 1 aromatic rings. The van der Waals surface area contributed by atoms with Crippen LogP contribution in [-0.2, 0) is 0 Å². The van der Waals surface area contributed by atoms with E-state index in [9.17, 15) is 4.79 Å². The van der Waals surface area contributed by atoms with Gasteiger partial charge in [-0.2, -0.15) is 0 Å². The summed E-state index contributed by atoms with van der Waals surface area (Å²) in [6, 6.07) is 1.64. The van der Waals surface area contributed by atoms with Crippen molar-refractivity contribution in [1.29, 1.82) is 0 Å². The van der Waals surface area contributed by atoms with Gasteiger partial charge in [0, 0.05) is 0 Å². The van der Waals surface area contributed by atoms with E-state index in [1.165, 1.54) is 11.3 Å². The molecule has 1 spiro atoms. The molecule has 0 saturated heterocycles. The molecule has 1 aromatic heterocycles. The van der Waals surface area contributed by atoms with Crippen molar-refractivity contribution < 1.29 is 14.6 Å². The molecule has 2 aliphatic rings. The van der Waals surface area contributed by atoms with Gasteiger partial charge in [0.1, 0.15) is 10.5 Å². The molecule has 1 aliphatic carbocycles. The first-order valence-electron chi connectivity index (χ1n) is 4.49. The number of carboxylic acid groups (broad SMARTS) is 1. The normalized spacial score (nSPS) is 20.9. The maximum absolute atomic E-state index is 10.7. The van der Waals surface area contributed by atoms with E-state index in [1.54, 1.807) is 6.07 Å². The largest absolute Gasteiger partial charge is 0.477 e. The molecule has 0 radical (unpaired) electrons. The Morgan fingerprint density at radius 1 is 1.64 bits per heavy atom. The quantitative estimate of drug-likeness (QED) is 0.743. The van der Waals surface area contributed by atoms with Crippen LogP contribution in [0.1, 0.15) is 22.5 Å². The van der Waals surface area contributed by atoms with Crippen molar-refractivity contribution in [2.24, 2.45) is 0 Å². The topological polar surface area (TPSA) is 58.6 Å². The van der Waals surface area contributed by atoms with Gasteiger partial charge in [-0.15, -0.1) is 0 Å². The highest BCUT2D eigenvalue weighted by atomic mass is 32.1.